The lowest BCUT2D eigenvalue weighted by atomic mass is 10.0. The topological polar surface area (TPSA) is 78.9 Å². The summed E-state index contributed by atoms with van der Waals surface area (Å²) in [5.74, 6) is 0.818. The van der Waals surface area contributed by atoms with E-state index in [0.29, 0.717) is 19.3 Å². The van der Waals surface area contributed by atoms with E-state index in [1.54, 1.807) is 0 Å². The third-order valence-electron chi connectivity index (χ3n) is 12.7. The smallest absolute Gasteiger partial charge is 0.306 e. The third kappa shape index (κ3) is 49.4. The van der Waals surface area contributed by atoms with E-state index in [2.05, 4.69) is 34.6 Å². The van der Waals surface area contributed by atoms with Crippen molar-refractivity contribution in [2.24, 2.45) is 11.8 Å². The summed E-state index contributed by atoms with van der Waals surface area (Å²) in [6.07, 6.45) is 50.9. The zero-order valence-corrected chi connectivity index (χ0v) is 42.5. The van der Waals surface area contributed by atoms with Crippen molar-refractivity contribution in [2.75, 3.05) is 13.2 Å². The number of hydrogen-bond donors (Lipinski definition) is 0. The Labute approximate surface area is 387 Å². The number of carbonyl (C=O) groups is 3. The van der Waals surface area contributed by atoms with Crippen LogP contribution in [0.1, 0.15) is 311 Å². The fourth-order valence-corrected chi connectivity index (χ4v) is 8.52. The fraction of sp³-hybridized carbons (Fsp3) is 0.946. The Morgan fingerprint density at radius 2 is 0.532 bits per heavy atom. The van der Waals surface area contributed by atoms with Crippen LogP contribution in [0, 0.1) is 11.8 Å². The molecular weight excluding hydrogens is 769 g/mol. The summed E-state index contributed by atoms with van der Waals surface area (Å²) >= 11 is 0. The van der Waals surface area contributed by atoms with Gasteiger partial charge in [0.1, 0.15) is 13.2 Å². The summed E-state index contributed by atoms with van der Waals surface area (Å²) in [6, 6.07) is 0. The number of rotatable bonds is 50. The molecule has 0 fully saturated rings. The molecule has 62 heavy (non-hydrogen) atoms. The Balaban J connectivity index is 4.31. The van der Waals surface area contributed by atoms with E-state index < -0.39 is 6.10 Å². The van der Waals surface area contributed by atoms with E-state index in [1.165, 1.54) is 199 Å². The van der Waals surface area contributed by atoms with E-state index in [-0.39, 0.29) is 31.1 Å². The van der Waals surface area contributed by atoms with Gasteiger partial charge in [-0.05, 0) is 31.1 Å². The third-order valence-corrected chi connectivity index (χ3v) is 12.7. The van der Waals surface area contributed by atoms with Crippen molar-refractivity contribution in [1.29, 1.82) is 0 Å². The summed E-state index contributed by atoms with van der Waals surface area (Å²) in [5.41, 5.74) is 0. The van der Waals surface area contributed by atoms with E-state index in [1.807, 2.05) is 0 Å². The minimum atomic E-state index is -0.762. The molecule has 0 aliphatic heterocycles. The largest absolute Gasteiger partial charge is 0.462 e. The maximum absolute atomic E-state index is 12.8. The predicted octanol–water partition coefficient (Wildman–Crippen LogP) is 18.1. The van der Waals surface area contributed by atoms with Crippen molar-refractivity contribution in [3.05, 3.63) is 0 Å². The molecule has 0 aliphatic carbocycles. The van der Waals surface area contributed by atoms with Crippen LogP contribution in [0.15, 0.2) is 0 Å². The zero-order chi connectivity index (χ0) is 45.4. The molecule has 0 spiro atoms. The van der Waals surface area contributed by atoms with E-state index >= 15 is 0 Å². The molecule has 1 atom stereocenters. The lowest BCUT2D eigenvalue weighted by Crippen LogP contribution is -2.30. The maximum atomic E-state index is 12.8. The second-order valence-electron chi connectivity index (χ2n) is 20.2. The van der Waals surface area contributed by atoms with Gasteiger partial charge < -0.3 is 14.2 Å². The van der Waals surface area contributed by atoms with E-state index in [0.717, 1.165) is 69.6 Å². The Hall–Kier alpha value is -1.59. The number of esters is 3. The van der Waals surface area contributed by atoms with Gasteiger partial charge in [-0.1, -0.05) is 272 Å². The molecule has 0 amide bonds. The Morgan fingerprint density at radius 1 is 0.306 bits per heavy atom. The van der Waals surface area contributed by atoms with Crippen LogP contribution in [0.5, 0.6) is 0 Å². The zero-order valence-electron chi connectivity index (χ0n) is 42.5. The Morgan fingerprint density at radius 3 is 0.790 bits per heavy atom. The number of hydrogen-bond acceptors (Lipinski definition) is 6. The van der Waals surface area contributed by atoms with Crippen LogP contribution in [0.25, 0.3) is 0 Å². The molecule has 6 heteroatoms. The first-order valence-corrected chi connectivity index (χ1v) is 27.7. The predicted molar refractivity (Wildman–Crippen MR) is 266 cm³/mol. The molecule has 0 aromatic carbocycles. The Bertz CT molecular complexity index is 947. The van der Waals surface area contributed by atoms with Crippen LogP contribution >= 0.6 is 0 Å². The van der Waals surface area contributed by atoms with Crippen LogP contribution in [0.2, 0.25) is 0 Å². The molecule has 0 saturated heterocycles. The lowest BCUT2D eigenvalue weighted by Gasteiger charge is -2.18. The summed E-state index contributed by atoms with van der Waals surface area (Å²) in [5, 5.41) is 0. The SMILES string of the molecule is CCCCCCCCCCCCCCCCCC(=O)O[C@H](COC(=O)CCCCCCCCCCCCCCC(C)C)COC(=O)CCCCCCCCCCCCCC(C)C. The molecule has 0 radical (unpaired) electrons. The van der Waals surface area contributed by atoms with Gasteiger partial charge >= 0.3 is 17.9 Å². The first kappa shape index (κ1) is 60.4. The van der Waals surface area contributed by atoms with E-state index in [4.69, 9.17) is 14.2 Å². The van der Waals surface area contributed by atoms with Crippen molar-refractivity contribution >= 4 is 17.9 Å². The van der Waals surface area contributed by atoms with Crippen LogP contribution in [0.3, 0.4) is 0 Å². The molecule has 0 unspecified atom stereocenters. The Kier molecular flexibility index (Phi) is 47.6. The van der Waals surface area contributed by atoms with E-state index in [9.17, 15) is 14.4 Å². The van der Waals surface area contributed by atoms with Crippen LogP contribution in [0.4, 0.5) is 0 Å². The molecule has 368 valence electrons. The maximum Gasteiger partial charge on any atom is 0.306 e. The van der Waals surface area contributed by atoms with Gasteiger partial charge in [0.05, 0.1) is 0 Å². The number of ether oxygens (including phenoxy) is 3. The highest BCUT2D eigenvalue weighted by Gasteiger charge is 2.19. The van der Waals surface area contributed by atoms with Gasteiger partial charge in [-0.25, -0.2) is 0 Å². The lowest BCUT2D eigenvalue weighted by molar-refractivity contribution is -0.167. The molecule has 0 aliphatic rings. The monoisotopic (exact) mass is 877 g/mol. The highest BCUT2D eigenvalue weighted by atomic mass is 16.6. The van der Waals surface area contributed by atoms with Gasteiger partial charge in [-0.15, -0.1) is 0 Å². The molecule has 0 N–H and O–H groups in total. The van der Waals surface area contributed by atoms with Crippen LogP contribution in [-0.2, 0) is 28.6 Å². The average Bonchev–Trinajstić information content (AvgIpc) is 3.24. The fourth-order valence-electron chi connectivity index (χ4n) is 8.52. The molecule has 0 heterocycles. The van der Waals surface area contributed by atoms with Crippen LogP contribution < -0.4 is 0 Å². The van der Waals surface area contributed by atoms with Crippen molar-refractivity contribution in [1.82, 2.24) is 0 Å². The average molecular weight is 877 g/mol. The molecular formula is C56H108O6. The molecule has 6 nitrogen and oxygen atoms in total. The number of unbranched alkanes of at least 4 members (excludes halogenated alkanes) is 35. The van der Waals surface area contributed by atoms with Crippen molar-refractivity contribution in [3.63, 3.8) is 0 Å². The summed E-state index contributed by atoms with van der Waals surface area (Å²) < 4.78 is 16.9. The minimum absolute atomic E-state index is 0.0631. The highest BCUT2D eigenvalue weighted by molar-refractivity contribution is 5.71. The van der Waals surface area contributed by atoms with Gasteiger partial charge in [0.2, 0.25) is 0 Å². The minimum Gasteiger partial charge on any atom is -0.462 e. The van der Waals surface area contributed by atoms with Crippen molar-refractivity contribution < 1.29 is 28.6 Å². The quantitative estimate of drug-likeness (QED) is 0.0344. The van der Waals surface area contributed by atoms with Crippen molar-refractivity contribution in [3.8, 4) is 0 Å². The van der Waals surface area contributed by atoms with Gasteiger partial charge in [0.15, 0.2) is 6.10 Å². The summed E-state index contributed by atoms with van der Waals surface area (Å²) in [4.78, 5) is 38.1. The van der Waals surface area contributed by atoms with Gasteiger partial charge in [-0.3, -0.25) is 14.4 Å². The molecule has 0 saturated carbocycles. The van der Waals surface area contributed by atoms with Crippen molar-refractivity contribution in [2.45, 2.75) is 317 Å². The number of carbonyl (C=O) groups excluding carboxylic acids is 3. The molecule has 0 aromatic rings. The summed E-state index contributed by atoms with van der Waals surface area (Å²) in [6.45, 7) is 11.4. The standard InChI is InChI=1S/C56H108O6/c1-6-7-8-9-10-11-12-13-14-15-22-28-33-38-43-48-56(59)62-53(50-61-55(58)47-42-37-32-27-23-18-20-25-30-35-40-45-52(4)5)49-60-54(57)46-41-36-31-26-21-17-16-19-24-29-34-39-44-51(2)3/h51-53H,6-50H2,1-5H3/t53-/m1/s1. The highest BCUT2D eigenvalue weighted by Crippen LogP contribution is 2.18. The van der Waals surface area contributed by atoms with Gasteiger partial charge in [0, 0.05) is 19.3 Å². The van der Waals surface area contributed by atoms with Crippen LogP contribution in [-0.4, -0.2) is 37.2 Å². The first-order chi connectivity index (χ1) is 30.2. The first-order valence-electron chi connectivity index (χ1n) is 27.7. The molecule has 0 rings (SSSR count). The molecule has 0 aromatic heterocycles. The van der Waals surface area contributed by atoms with Gasteiger partial charge in [0.25, 0.3) is 0 Å². The molecule has 0 bridgehead atoms. The second-order valence-corrected chi connectivity index (χ2v) is 20.2. The normalized spacial score (nSPS) is 12.0. The van der Waals surface area contributed by atoms with Gasteiger partial charge in [-0.2, -0.15) is 0 Å². The second kappa shape index (κ2) is 48.9. The summed E-state index contributed by atoms with van der Waals surface area (Å²) in [7, 11) is 0.